The van der Waals surface area contributed by atoms with Gasteiger partial charge in [0.25, 0.3) is 5.91 Å². The van der Waals surface area contributed by atoms with Crippen molar-refractivity contribution in [2.45, 2.75) is 33.9 Å². The van der Waals surface area contributed by atoms with Crippen LogP contribution < -0.4 is 0 Å². The molecule has 0 aliphatic carbocycles. The Hall–Kier alpha value is -3.05. The largest absolute Gasteiger partial charge is 0.464 e. The van der Waals surface area contributed by atoms with Gasteiger partial charge in [-0.05, 0) is 48.7 Å². The molecule has 1 aromatic heterocycles. The lowest BCUT2D eigenvalue weighted by molar-refractivity contribution is -0.133. The van der Waals surface area contributed by atoms with Crippen LogP contribution in [0.2, 0.25) is 5.02 Å². The Morgan fingerprint density at radius 3 is 2.31 bits per heavy atom. The lowest BCUT2D eigenvalue weighted by atomic mass is 10.1. The second-order valence-electron chi connectivity index (χ2n) is 8.34. The van der Waals surface area contributed by atoms with Gasteiger partial charge in [-0.3, -0.25) is 9.59 Å². The first-order valence-corrected chi connectivity index (χ1v) is 11.1. The third kappa shape index (κ3) is 6.72. The molecular weight excluding hydrogens is 424 g/mol. The van der Waals surface area contributed by atoms with Crippen LogP contribution in [-0.2, 0) is 17.9 Å². The number of furan rings is 1. The van der Waals surface area contributed by atoms with E-state index in [0.29, 0.717) is 36.0 Å². The van der Waals surface area contributed by atoms with Gasteiger partial charge in [0, 0.05) is 23.7 Å². The Kier molecular flexibility index (Phi) is 8.12. The summed E-state index contributed by atoms with van der Waals surface area (Å²) >= 11 is 6.08. The number of nitrogens with zero attached hydrogens (tertiary/aromatic N) is 2. The second-order valence-corrected chi connectivity index (χ2v) is 8.77. The van der Waals surface area contributed by atoms with Crippen LogP contribution in [-0.4, -0.2) is 34.7 Å². The Labute approximate surface area is 194 Å². The van der Waals surface area contributed by atoms with Crippen LogP contribution in [0.3, 0.4) is 0 Å². The minimum Gasteiger partial charge on any atom is -0.464 e. The zero-order chi connectivity index (χ0) is 23.1. The summed E-state index contributed by atoms with van der Waals surface area (Å²) in [5.41, 5.74) is 1.49. The molecule has 6 heteroatoms. The topological polar surface area (TPSA) is 53.8 Å². The van der Waals surface area contributed by atoms with Gasteiger partial charge < -0.3 is 14.2 Å². The summed E-state index contributed by atoms with van der Waals surface area (Å²) < 4.78 is 5.71. The normalized spacial score (nSPS) is 10.9. The Balaban J connectivity index is 1.82. The van der Waals surface area contributed by atoms with E-state index in [1.54, 1.807) is 34.1 Å². The zero-order valence-electron chi connectivity index (χ0n) is 18.8. The molecule has 0 aliphatic heterocycles. The van der Waals surface area contributed by atoms with Crippen molar-refractivity contribution in [3.8, 4) is 0 Å². The first kappa shape index (κ1) is 23.6. The van der Waals surface area contributed by atoms with E-state index < -0.39 is 0 Å². The standard InChI is InChI=1S/C26H29ClN2O3/c1-19(2)15-29(26(31)22-10-7-11-23(27)14-22)18-25(30)28(16-21-8-5-4-6-9-21)17-24-13-12-20(3)32-24/h4-14,19H,15-18H2,1-3H3. The fourth-order valence-corrected chi connectivity index (χ4v) is 3.71. The van der Waals surface area contributed by atoms with Crippen molar-refractivity contribution < 1.29 is 14.0 Å². The molecule has 0 radical (unpaired) electrons. The van der Waals surface area contributed by atoms with Gasteiger partial charge in [0.05, 0.1) is 6.54 Å². The number of hydrogen-bond acceptors (Lipinski definition) is 3. The van der Waals surface area contributed by atoms with E-state index in [4.69, 9.17) is 16.0 Å². The maximum atomic E-state index is 13.4. The van der Waals surface area contributed by atoms with Crippen LogP contribution >= 0.6 is 11.6 Å². The van der Waals surface area contributed by atoms with Gasteiger partial charge in [0.1, 0.15) is 18.1 Å². The molecule has 0 bridgehead atoms. The Morgan fingerprint density at radius 2 is 1.69 bits per heavy atom. The summed E-state index contributed by atoms with van der Waals surface area (Å²) in [6, 6.07) is 20.4. The van der Waals surface area contributed by atoms with Crippen molar-refractivity contribution in [3.05, 3.63) is 94.4 Å². The summed E-state index contributed by atoms with van der Waals surface area (Å²) in [7, 11) is 0. The van der Waals surface area contributed by atoms with E-state index in [-0.39, 0.29) is 24.3 Å². The van der Waals surface area contributed by atoms with E-state index in [9.17, 15) is 9.59 Å². The summed E-state index contributed by atoms with van der Waals surface area (Å²) in [4.78, 5) is 29.9. The number of carbonyl (C=O) groups excluding carboxylic acids is 2. The molecule has 0 aliphatic rings. The molecule has 3 aromatic rings. The van der Waals surface area contributed by atoms with Crippen molar-refractivity contribution >= 4 is 23.4 Å². The molecule has 2 aromatic carbocycles. The minimum absolute atomic E-state index is 0.0178. The fraction of sp³-hybridized carbons (Fsp3) is 0.308. The van der Waals surface area contributed by atoms with Crippen LogP contribution in [0.1, 0.15) is 41.3 Å². The molecule has 0 atom stereocenters. The van der Waals surface area contributed by atoms with E-state index >= 15 is 0 Å². The molecule has 0 unspecified atom stereocenters. The Morgan fingerprint density at radius 1 is 0.938 bits per heavy atom. The molecule has 5 nitrogen and oxygen atoms in total. The van der Waals surface area contributed by atoms with Crippen LogP contribution in [0.15, 0.2) is 71.1 Å². The van der Waals surface area contributed by atoms with E-state index in [2.05, 4.69) is 0 Å². The molecular formula is C26H29ClN2O3. The predicted molar refractivity (Wildman–Crippen MR) is 126 cm³/mol. The molecule has 3 rings (SSSR count). The third-order valence-corrected chi connectivity index (χ3v) is 5.22. The molecule has 0 N–H and O–H groups in total. The highest BCUT2D eigenvalue weighted by Crippen LogP contribution is 2.17. The van der Waals surface area contributed by atoms with Crippen molar-refractivity contribution in [2.75, 3.05) is 13.1 Å². The lowest BCUT2D eigenvalue weighted by Gasteiger charge is -2.28. The van der Waals surface area contributed by atoms with Crippen molar-refractivity contribution in [1.82, 2.24) is 9.80 Å². The quantitative estimate of drug-likeness (QED) is 0.426. The molecule has 0 saturated carbocycles. The lowest BCUT2D eigenvalue weighted by Crippen LogP contribution is -2.43. The van der Waals surface area contributed by atoms with Gasteiger partial charge in [0.2, 0.25) is 5.91 Å². The first-order chi connectivity index (χ1) is 15.3. The average Bonchev–Trinajstić information content (AvgIpc) is 3.17. The molecule has 1 heterocycles. The molecule has 2 amide bonds. The van der Waals surface area contributed by atoms with E-state index in [1.165, 1.54) is 0 Å². The highest BCUT2D eigenvalue weighted by Gasteiger charge is 2.24. The maximum Gasteiger partial charge on any atom is 0.254 e. The molecule has 0 fully saturated rings. The smallest absolute Gasteiger partial charge is 0.254 e. The van der Waals surface area contributed by atoms with Gasteiger partial charge in [-0.25, -0.2) is 0 Å². The highest BCUT2D eigenvalue weighted by molar-refractivity contribution is 6.31. The average molecular weight is 453 g/mol. The fourth-order valence-electron chi connectivity index (χ4n) is 3.52. The van der Waals surface area contributed by atoms with E-state index in [0.717, 1.165) is 11.3 Å². The van der Waals surface area contributed by atoms with Gasteiger partial charge in [0.15, 0.2) is 0 Å². The van der Waals surface area contributed by atoms with Crippen molar-refractivity contribution in [1.29, 1.82) is 0 Å². The number of carbonyl (C=O) groups is 2. The summed E-state index contributed by atoms with van der Waals surface area (Å²) in [6.45, 7) is 7.14. The highest BCUT2D eigenvalue weighted by atomic mass is 35.5. The molecule has 0 saturated heterocycles. The maximum absolute atomic E-state index is 13.4. The number of hydrogen-bond donors (Lipinski definition) is 0. The molecule has 168 valence electrons. The summed E-state index contributed by atoms with van der Waals surface area (Å²) in [6.07, 6.45) is 0. The Bertz CT molecular complexity index is 1050. The van der Waals surface area contributed by atoms with Gasteiger partial charge in [-0.2, -0.15) is 0 Å². The first-order valence-electron chi connectivity index (χ1n) is 10.7. The van der Waals surface area contributed by atoms with Crippen LogP contribution in [0, 0.1) is 12.8 Å². The van der Waals surface area contributed by atoms with Gasteiger partial charge in [-0.15, -0.1) is 0 Å². The predicted octanol–water partition coefficient (Wildman–Crippen LogP) is 5.57. The summed E-state index contributed by atoms with van der Waals surface area (Å²) in [5.74, 6) is 1.37. The molecule has 32 heavy (non-hydrogen) atoms. The monoisotopic (exact) mass is 452 g/mol. The summed E-state index contributed by atoms with van der Waals surface area (Å²) in [5, 5.41) is 0.491. The number of benzene rings is 2. The number of halogens is 1. The third-order valence-electron chi connectivity index (χ3n) is 4.98. The van der Waals surface area contributed by atoms with Crippen molar-refractivity contribution in [3.63, 3.8) is 0 Å². The SMILES string of the molecule is Cc1ccc(CN(Cc2ccccc2)C(=O)CN(CC(C)C)C(=O)c2cccc(Cl)c2)o1. The van der Waals surface area contributed by atoms with Crippen LogP contribution in [0.5, 0.6) is 0 Å². The zero-order valence-corrected chi connectivity index (χ0v) is 19.5. The minimum atomic E-state index is -0.206. The van der Waals surface area contributed by atoms with Gasteiger partial charge in [-0.1, -0.05) is 61.8 Å². The van der Waals surface area contributed by atoms with Crippen molar-refractivity contribution in [2.24, 2.45) is 5.92 Å². The number of amides is 2. The van der Waals surface area contributed by atoms with Crippen LogP contribution in [0.25, 0.3) is 0 Å². The number of aryl methyl sites for hydroxylation is 1. The molecule has 0 spiro atoms. The van der Waals surface area contributed by atoms with Crippen LogP contribution in [0.4, 0.5) is 0 Å². The second kappa shape index (κ2) is 11.0. The van der Waals surface area contributed by atoms with E-state index in [1.807, 2.05) is 63.2 Å². The van der Waals surface area contributed by atoms with Gasteiger partial charge >= 0.3 is 0 Å². The number of rotatable bonds is 9.